The van der Waals surface area contributed by atoms with E-state index in [1.165, 1.54) is 19.2 Å². The maximum atomic E-state index is 14.0. The lowest BCUT2D eigenvalue weighted by molar-refractivity contribution is -0.118. The zero-order valence-corrected chi connectivity index (χ0v) is 17.5. The lowest BCUT2D eigenvalue weighted by Gasteiger charge is -2.35. The van der Waals surface area contributed by atoms with E-state index in [-0.39, 0.29) is 24.1 Å². The number of fused-ring (bicyclic) bond motifs is 1. The molecule has 0 spiro atoms. The van der Waals surface area contributed by atoms with Gasteiger partial charge in [0.2, 0.25) is 11.8 Å². The number of anilines is 3. The van der Waals surface area contributed by atoms with E-state index >= 15 is 0 Å². The van der Waals surface area contributed by atoms with Gasteiger partial charge in [-0.3, -0.25) is 14.5 Å². The minimum absolute atomic E-state index is 0.0352. The Labute approximate surface area is 179 Å². The summed E-state index contributed by atoms with van der Waals surface area (Å²) < 4.78 is 32.7. The Morgan fingerprint density at radius 3 is 2.42 bits per heavy atom. The fourth-order valence-electron chi connectivity index (χ4n) is 4.01. The minimum Gasteiger partial charge on any atom is -0.491 e. The molecule has 1 fully saturated rings. The van der Waals surface area contributed by atoms with Crippen molar-refractivity contribution in [2.45, 2.75) is 6.42 Å². The number of halogens is 2. The molecule has 0 radical (unpaired) electrons. The van der Waals surface area contributed by atoms with Gasteiger partial charge in [0, 0.05) is 62.4 Å². The van der Waals surface area contributed by atoms with Gasteiger partial charge < -0.3 is 19.9 Å². The molecule has 1 saturated heterocycles. The van der Waals surface area contributed by atoms with Gasteiger partial charge in [0.25, 0.3) is 0 Å². The lowest BCUT2D eigenvalue weighted by atomic mass is 10.1. The van der Waals surface area contributed by atoms with Gasteiger partial charge in [0.05, 0.1) is 20.1 Å². The first-order valence-corrected chi connectivity index (χ1v) is 10.1. The first-order chi connectivity index (χ1) is 14.9. The van der Waals surface area contributed by atoms with Crippen LogP contribution >= 0.6 is 0 Å². The molecule has 0 aromatic heterocycles. The number of piperazine rings is 1. The number of nitrogens with one attached hydrogen (secondary N) is 1. The number of methoxy groups -OCH3 is 1. The lowest BCUT2D eigenvalue weighted by Crippen LogP contribution is -2.48. The van der Waals surface area contributed by atoms with E-state index in [0.29, 0.717) is 44.0 Å². The van der Waals surface area contributed by atoms with E-state index in [0.717, 1.165) is 11.3 Å². The van der Waals surface area contributed by atoms with Crippen molar-refractivity contribution < 1.29 is 23.1 Å². The third kappa shape index (κ3) is 4.32. The van der Waals surface area contributed by atoms with E-state index in [2.05, 4.69) is 5.32 Å². The molecule has 164 valence electrons. The van der Waals surface area contributed by atoms with Crippen LogP contribution in [0.4, 0.5) is 25.8 Å². The van der Waals surface area contributed by atoms with Gasteiger partial charge in [0.1, 0.15) is 0 Å². The zero-order valence-electron chi connectivity index (χ0n) is 17.5. The van der Waals surface area contributed by atoms with Crippen molar-refractivity contribution in [1.29, 1.82) is 0 Å². The van der Waals surface area contributed by atoms with Gasteiger partial charge in [-0.2, -0.15) is 0 Å². The summed E-state index contributed by atoms with van der Waals surface area (Å²) in [5, 5.41) is 2.88. The Morgan fingerprint density at radius 2 is 1.77 bits per heavy atom. The topological polar surface area (TPSA) is 65.1 Å². The second kappa shape index (κ2) is 8.50. The van der Waals surface area contributed by atoms with Crippen LogP contribution in [0.15, 0.2) is 30.3 Å². The summed E-state index contributed by atoms with van der Waals surface area (Å²) in [4.78, 5) is 29.7. The number of rotatable bonds is 5. The van der Waals surface area contributed by atoms with Crippen LogP contribution in [0.1, 0.15) is 5.56 Å². The average Bonchev–Trinajstić information content (AvgIpc) is 3.02. The number of amides is 2. The van der Waals surface area contributed by atoms with Gasteiger partial charge in [0.15, 0.2) is 17.4 Å². The molecular weight excluding hydrogens is 406 g/mol. The molecule has 31 heavy (non-hydrogen) atoms. The van der Waals surface area contributed by atoms with E-state index in [1.807, 2.05) is 21.9 Å². The van der Waals surface area contributed by atoms with Gasteiger partial charge in [-0.1, -0.05) is 6.07 Å². The highest BCUT2D eigenvalue weighted by Gasteiger charge is 2.25. The molecule has 0 unspecified atom stereocenters. The molecule has 2 aromatic carbocycles. The van der Waals surface area contributed by atoms with Crippen molar-refractivity contribution in [3.05, 3.63) is 47.5 Å². The number of ether oxygens (including phenoxy) is 1. The Balaban J connectivity index is 1.31. The Hall–Kier alpha value is -3.20. The third-order valence-electron chi connectivity index (χ3n) is 5.74. The zero-order chi connectivity index (χ0) is 22.1. The number of hydrogen-bond acceptors (Lipinski definition) is 5. The maximum Gasteiger partial charge on any atom is 0.238 e. The summed E-state index contributed by atoms with van der Waals surface area (Å²) in [5.41, 5.74) is 2.87. The van der Waals surface area contributed by atoms with Gasteiger partial charge in [-0.15, -0.1) is 0 Å². The largest absolute Gasteiger partial charge is 0.491 e. The molecular formula is C22H24F2N4O3. The molecule has 2 aromatic rings. The summed E-state index contributed by atoms with van der Waals surface area (Å²) in [6, 6.07) is 7.99. The molecule has 2 aliphatic rings. The summed E-state index contributed by atoms with van der Waals surface area (Å²) >= 11 is 0. The molecule has 4 rings (SSSR count). The number of likely N-dealkylation sites (N-methyl/N-ethyl adjacent to an activating group) is 1. The number of hydrogen-bond donors (Lipinski definition) is 1. The molecule has 1 N–H and O–H groups in total. The predicted octanol–water partition coefficient (Wildman–Crippen LogP) is 2.25. The van der Waals surface area contributed by atoms with Crippen molar-refractivity contribution in [2.24, 2.45) is 0 Å². The van der Waals surface area contributed by atoms with Crippen LogP contribution in [0, 0.1) is 11.6 Å². The Bertz CT molecular complexity index is 999. The monoisotopic (exact) mass is 430 g/mol. The molecule has 0 bridgehead atoms. The van der Waals surface area contributed by atoms with Crippen LogP contribution in [-0.2, 0) is 16.0 Å². The maximum absolute atomic E-state index is 14.0. The quantitative estimate of drug-likeness (QED) is 0.789. The van der Waals surface area contributed by atoms with Crippen LogP contribution in [0.3, 0.4) is 0 Å². The predicted molar refractivity (Wildman–Crippen MR) is 114 cm³/mol. The van der Waals surface area contributed by atoms with Crippen LogP contribution in [0.25, 0.3) is 0 Å². The van der Waals surface area contributed by atoms with Crippen molar-refractivity contribution >= 4 is 28.9 Å². The van der Waals surface area contributed by atoms with Crippen molar-refractivity contribution in [3.8, 4) is 5.75 Å². The fraction of sp³-hybridized carbons (Fsp3) is 0.364. The van der Waals surface area contributed by atoms with Crippen LogP contribution in [-0.4, -0.2) is 63.6 Å². The highest BCUT2D eigenvalue weighted by molar-refractivity contribution is 6.02. The minimum atomic E-state index is -0.735. The first kappa shape index (κ1) is 21.0. The Kier molecular flexibility index (Phi) is 5.77. The van der Waals surface area contributed by atoms with Gasteiger partial charge in [-0.05, 0) is 17.7 Å². The normalized spacial score (nSPS) is 16.5. The van der Waals surface area contributed by atoms with Crippen molar-refractivity contribution in [3.63, 3.8) is 0 Å². The standard InChI is InChI=1S/C22H24F2N4O3/c1-26-19-10-15(4-3-14(19)9-21(26)30)25-20(29)13-27-5-7-28(8-6-27)16-11-17(23)22(31-2)18(24)12-16/h3-4,10-12H,5-9,13H2,1-2H3,(H,25,29). The SMILES string of the molecule is COc1c(F)cc(N2CCN(CC(=O)Nc3ccc4c(c3)N(C)C(=O)C4)CC2)cc1F. The second-order valence-corrected chi connectivity index (χ2v) is 7.73. The summed E-state index contributed by atoms with van der Waals surface area (Å²) in [7, 11) is 2.95. The van der Waals surface area contributed by atoms with Crippen LogP contribution in [0.5, 0.6) is 5.75 Å². The van der Waals surface area contributed by atoms with Crippen LogP contribution < -0.4 is 19.9 Å². The van der Waals surface area contributed by atoms with Gasteiger partial charge in [-0.25, -0.2) is 8.78 Å². The molecule has 0 atom stereocenters. The second-order valence-electron chi connectivity index (χ2n) is 7.73. The number of nitrogens with zero attached hydrogens (tertiary/aromatic N) is 3. The molecule has 7 nitrogen and oxygen atoms in total. The molecule has 0 aliphatic carbocycles. The highest BCUT2D eigenvalue weighted by Crippen LogP contribution is 2.30. The molecule has 2 aliphatic heterocycles. The number of carbonyl (C=O) groups excluding carboxylic acids is 2. The fourth-order valence-corrected chi connectivity index (χ4v) is 4.01. The molecule has 9 heteroatoms. The molecule has 0 saturated carbocycles. The number of carbonyl (C=O) groups is 2. The summed E-state index contributed by atoms with van der Waals surface area (Å²) in [5.74, 6) is -1.97. The molecule has 2 amide bonds. The third-order valence-corrected chi connectivity index (χ3v) is 5.74. The van der Waals surface area contributed by atoms with E-state index in [9.17, 15) is 18.4 Å². The van der Waals surface area contributed by atoms with E-state index < -0.39 is 11.6 Å². The average molecular weight is 430 g/mol. The summed E-state index contributed by atoms with van der Waals surface area (Å²) in [6.07, 6.45) is 0.381. The number of benzene rings is 2. The first-order valence-electron chi connectivity index (χ1n) is 10.1. The van der Waals surface area contributed by atoms with Crippen molar-refractivity contribution in [1.82, 2.24) is 4.90 Å². The van der Waals surface area contributed by atoms with Crippen LogP contribution in [0.2, 0.25) is 0 Å². The van der Waals surface area contributed by atoms with Gasteiger partial charge >= 0.3 is 0 Å². The van der Waals surface area contributed by atoms with E-state index in [4.69, 9.17) is 4.74 Å². The Morgan fingerprint density at radius 1 is 1.10 bits per heavy atom. The smallest absolute Gasteiger partial charge is 0.238 e. The summed E-state index contributed by atoms with van der Waals surface area (Å²) in [6.45, 7) is 2.48. The van der Waals surface area contributed by atoms with E-state index in [1.54, 1.807) is 18.0 Å². The molecule has 2 heterocycles. The van der Waals surface area contributed by atoms with Crippen molar-refractivity contribution in [2.75, 3.05) is 62.0 Å². The highest BCUT2D eigenvalue weighted by atomic mass is 19.1.